The van der Waals surface area contributed by atoms with Gasteiger partial charge in [0, 0.05) is 37.2 Å². The lowest BCUT2D eigenvalue weighted by Crippen LogP contribution is -1.99. The van der Waals surface area contributed by atoms with Crippen molar-refractivity contribution < 1.29 is 4.74 Å². The maximum atomic E-state index is 8.48. The van der Waals surface area contributed by atoms with E-state index in [0.29, 0.717) is 5.75 Å². The van der Waals surface area contributed by atoms with Gasteiger partial charge in [-0.05, 0) is 30.7 Å². The second kappa shape index (κ2) is 6.50. The van der Waals surface area contributed by atoms with Crippen molar-refractivity contribution in [1.82, 2.24) is 4.57 Å². The van der Waals surface area contributed by atoms with Gasteiger partial charge in [-0.1, -0.05) is 6.07 Å². The van der Waals surface area contributed by atoms with Gasteiger partial charge in [-0.15, -0.1) is 0 Å². The minimum atomic E-state index is 0.0722. The fourth-order valence-corrected chi connectivity index (χ4v) is 1.81. The zero-order chi connectivity index (χ0) is 13.5. The fraction of sp³-hybridized carbons (Fsp3) is 0.267. The second-order valence-corrected chi connectivity index (χ2v) is 4.18. The monoisotopic (exact) mass is 255 g/mol. The molecular formula is C15H17N3O. The molecule has 0 fully saturated rings. The molecule has 0 aliphatic rings. The molecule has 98 valence electrons. The van der Waals surface area contributed by atoms with Gasteiger partial charge in [-0.25, -0.2) is 0 Å². The fourth-order valence-electron chi connectivity index (χ4n) is 1.81. The van der Waals surface area contributed by atoms with E-state index >= 15 is 0 Å². The molecule has 0 spiro atoms. The SMILES string of the molecule is CCn1ccc(CNc2cccc(OCC#N)c2)c1. The zero-order valence-electron chi connectivity index (χ0n) is 11.0. The molecule has 1 aromatic carbocycles. The van der Waals surface area contributed by atoms with Crippen molar-refractivity contribution in [2.24, 2.45) is 0 Å². The van der Waals surface area contributed by atoms with Crippen molar-refractivity contribution >= 4 is 5.69 Å². The van der Waals surface area contributed by atoms with Crippen LogP contribution in [0.5, 0.6) is 5.75 Å². The molecule has 0 amide bonds. The summed E-state index contributed by atoms with van der Waals surface area (Å²) in [6.45, 7) is 3.95. The first-order valence-corrected chi connectivity index (χ1v) is 6.30. The molecule has 0 atom stereocenters. The number of ether oxygens (including phenoxy) is 1. The number of hydrogen-bond acceptors (Lipinski definition) is 3. The van der Waals surface area contributed by atoms with Gasteiger partial charge in [-0.2, -0.15) is 5.26 Å². The Balaban J connectivity index is 1.93. The van der Waals surface area contributed by atoms with Gasteiger partial charge >= 0.3 is 0 Å². The lowest BCUT2D eigenvalue weighted by Gasteiger charge is -2.07. The van der Waals surface area contributed by atoms with Gasteiger partial charge in [0.25, 0.3) is 0 Å². The Hall–Kier alpha value is -2.41. The highest BCUT2D eigenvalue weighted by molar-refractivity contribution is 5.48. The Morgan fingerprint density at radius 3 is 3.00 bits per heavy atom. The number of rotatable bonds is 6. The van der Waals surface area contributed by atoms with Crippen LogP contribution < -0.4 is 10.1 Å². The standard InChI is InChI=1S/C15H17N3O/c1-2-18-8-6-13(12-18)11-17-14-4-3-5-15(10-14)19-9-7-16/h3-6,8,10,12,17H,2,9,11H2,1H3. The summed E-state index contributed by atoms with van der Waals surface area (Å²) in [7, 11) is 0. The van der Waals surface area contributed by atoms with Crippen molar-refractivity contribution in [1.29, 1.82) is 5.26 Å². The maximum absolute atomic E-state index is 8.48. The van der Waals surface area contributed by atoms with Crippen LogP contribution in [0.1, 0.15) is 12.5 Å². The predicted molar refractivity (Wildman–Crippen MR) is 75.0 cm³/mol. The Labute approximate surface area is 113 Å². The second-order valence-electron chi connectivity index (χ2n) is 4.18. The highest BCUT2D eigenvalue weighted by Crippen LogP contribution is 2.18. The smallest absolute Gasteiger partial charge is 0.174 e. The third-order valence-electron chi connectivity index (χ3n) is 2.81. The predicted octanol–water partition coefficient (Wildman–Crippen LogP) is 3.02. The van der Waals surface area contributed by atoms with Gasteiger partial charge in [0.15, 0.2) is 6.61 Å². The molecule has 0 unspecified atom stereocenters. The van der Waals surface area contributed by atoms with E-state index in [1.165, 1.54) is 5.56 Å². The molecule has 0 bridgehead atoms. The number of nitrogens with zero attached hydrogens (tertiary/aromatic N) is 2. The average molecular weight is 255 g/mol. The van der Waals surface area contributed by atoms with Crippen LogP contribution in [0, 0.1) is 11.3 Å². The Kier molecular flexibility index (Phi) is 4.46. The summed E-state index contributed by atoms with van der Waals surface area (Å²) in [4.78, 5) is 0. The topological polar surface area (TPSA) is 50.0 Å². The summed E-state index contributed by atoms with van der Waals surface area (Å²) in [6, 6.07) is 11.7. The van der Waals surface area contributed by atoms with Crippen LogP contribution in [0.2, 0.25) is 0 Å². The van der Waals surface area contributed by atoms with Gasteiger partial charge in [0.1, 0.15) is 11.8 Å². The van der Waals surface area contributed by atoms with Crippen LogP contribution in [-0.4, -0.2) is 11.2 Å². The number of anilines is 1. The highest BCUT2D eigenvalue weighted by Gasteiger charge is 1.98. The third-order valence-corrected chi connectivity index (χ3v) is 2.81. The number of benzene rings is 1. The van der Waals surface area contributed by atoms with E-state index in [2.05, 4.69) is 35.3 Å². The molecule has 1 heterocycles. The van der Waals surface area contributed by atoms with E-state index in [4.69, 9.17) is 10.00 Å². The Morgan fingerprint density at radius 2 is 2.26 bits per heavy atom. The van der Waals surface area contributed by atoms with Crippen molar-refractivity contribution in [3.05, 3.63) is 48.3 Å². The summed E-state index contributed by atoms with van der Waals surface area (Å²) in [5, 5.41) is 11.8. The number of aromatic nitrogens is 1. The molecule has 0 saturated carbocycles. The largest absolute Gasteiger partial charge is 0.479 e. The zero-order valence-corrected chi connectivity index (χ0v) is 11.0. The number of aryl methyl sites for hydroxylation is 1. The summed E-state index contributed by atoms with van der Waals surface area (Å²) < 4.78 is 7.41. The van der Waals surface area contributed by atoms with Crippen LogP contribution >= 0.6 is 0 Å². The summed E-state index contributed by atoms with van der Waals surface area (Å²) in [5.41, 5.74) is 2.23. The van der Waals surface area contributed by atoms with Crippen LogP contribution in [0.25, 0.3) is 0 Å². The molecule has 19 heavy (non-hydrogen) atoms. The van der Waals surface area contributed by atoms with Gasteiger partial charge in [-0.3, -0.25) is 0 Å². The van der Waals surface area contributed by atoms with Crippen molar-refractivity contribution in [3.8, 4) is 11.8 Å². The molecule has 0 saturated heterocycles. The molecule has 2 aromatic rings. The van der Waals surface area contributed by atoms with Gasteiger partial charge < -0.3 is 14.6 Å². The first-order valence-electron chi connectivity index (χ1n) is 6.30. The van der Waals surface area contributed by atoms with E-state index in [1.807, 2.05) is 30.3 Å². The van der Waals surface area contributed by atoms with Gasteiger partial charge in [0.05, 0.1) is 0 Å². The molecule has 1 N–H and O–H groups in total. The van der Waals surface area contributed by atoms with E-state index in [0.717, 1.165) is 18.8 Å². The van der Waals surface area contributed by atoms with Gasteiger partial charge in [0.2, 0.25) is 0 Å². The van der Waals surface area contributed by atoms with Crippen molar-refractivity contribution in [2.75, 3.05) is 11.9 Å². The summed E-state index contributed by atoms with van der Waals surface area (Å²) in [5.74, 6) is 0.706. The van der Waals surface area contributed by atoms with E-state index in [9.17, 15) is 0 Å². The quantitative estimate of drug-likeness (QED) is 0.863. The summed E-state index contributed by atoms with van der Waals surface area (Å²) in [6.07, 6.45) is 4.20. The number of nitriles is 1. The van der Waals surface area contributed by atoms with Crippen LogP contribution in [0.4, 0.5) is 5.69 Å². The van der Waals surface area contributed by atoms with Crippen molar-refractivity contribution in [3.63, 3.8) is 0 Å². The lowest BCUT2D eigenvalue weighted by atomic mass is 10.2. The normalized spacial score (nSPS) is 9.89. The Morgan fingerprint density at radius 1 is 1.37 bits per heavy atom. The van der Waals surface area contributed by atoms with Crippen LogP contribution in [0.3, 0.4) is 0 Å². The minimum absolute atomic E-state index is 0.0722. The molecule has 0 radical (unpaired) electrons. The molecule has 0 aliphatic carbocycles. The van der Waals surface area contributed by atoms with E-state index in [1.54, 1.807) is 0 Å². The third kappa shape index (κ3) is 3.78. The van der Waals surface area contributed by atoms with Crippen LogP contribution in [-0.2, 0) is 13.1 Å². The molecule has 4 heteroatoms. The molecule has 4 nitrogen and oxygen atoms in total. The molecule has 2 rings (SSSR count). The van der Waals surface area contributed by atoms with E-state index < -0.39 is 0 Å². The molecular weight excluding hydrogens is 238 g/mol. The summed E-state index contributed by atoms with van der Waals surface area (Å²) >= 11 is 0. The lowest BCUT2D eigenvalue weighted by molar-refractivity contribution is 0.368. The average Bonchev–Trinajstić information content (AvgIpc) is 2.91. The molecule has 0 aliphatic heterocycles. The first kappa shape index (κ1) is 13.0. The molecule has 1 aromatic heterocycles. The van der Waals surface area contributed by atoms with Crippen molar-refractivity contribution in [2.45, 2.75) is 20.0 Å². The minimum Gasteiger partial charge on any atom is -0.479 e. The Bertz CT molecular complexity index is 569. The maximum Gasteiger partial charge on any atom is 0.174 e. The number of nitrogens with one attached hydrogen (secondary N) is 1. The highest BCUT2D eigenvalue weighted by atomic mass is 16.5. The number of hydrogen-bond donors (Lipinski definition) is 1. The van der Waals surface area contributed by atoms with Crippen LogP contribution in [0.15, 0.2) is 42.7 Å². The van der Waals surface area contributed by atoms with E-state index in [-0.39, 0.29) is 6.61 Å². The first-order chi connectivity index (χ1) is 9.31.